The number of thiophene rings is 1. The molecule has 0 saturated carbocycles. The average Bonchev–Trinajstić information content (AvgIpc) is 3.15. The fraction of sp³-hybridized carbons (Fsp3) is 0.286. The first-order chi connectivity index (χ1) is 9.75. The molecule has 0 atom stereocenters. The molecule has 0 saturated heterocycles. The summed E-state index contributed by atoms with van der Waals surface area (Å²) < 4.78 is 1.89. The summed E-state index contributed by atoms with van der Waals surface area (Å²) in [7, 11) is 1.96. The van der Waals surface area contributed by atoms with E-state index >= 15 is 0 Å². The predicted octanol–water partition coefficient (Wildman–Crippen LogP) is 2.47. The van der Waals surface area contributed by atoms with Gasteiger partial charge in [0.2, 0.25) is 0 Å². The molecule has 3 aromatic rings. The monoisotopic (exact) mass is 287 g/mol. The number of aryl methyl sites for hydroxylation is 1. The van der Waals surface area contributed by atoms with Crippen molar-refractivity contribution in [1.29, 1.82) is 0 Å². The number of nitrogens with one attached hydrogen (secondary N) is 2. The molecule has 104 valence electrons. The van der Waals surface area contributed by atoms with E-state index in [9.17, 15) is 0 Å². The van der Waals surface area contributed by atoms with Crippen LogP contribution in [0.5, 0.6) is 0 Å². The Kier molecular flexibility index (Phi) is 3.66. The predicted molar refractivity (Wildman–Crippen MR) is 80.4 cm³/mol. The fourth-order valence-corrected chi connectivity index (χ4v) is 2.88. The molecule has 3 heterocycles. The normalized spacial score (nSPS) is 11.1. The number of H-pyrrole nitrogens is 1. The van der Waals surface area contributed by atoms with Crippen LogP contribution in [0.15, 0.2) is 29.9 Å². The molecule has 6 heteroatoms. The van der Waals surface area contributed by atoms with Gasteiger partial charge in [-0.3, -0.25) is 9.78 Å². The number of aromatic nitrogens is 4. The van der Waals surface area contributed by atoms with Crippen molar-refractivity contribution < 1.29 is 0 Å². The number of nitrogens with zero attached hydrogens (tertiary/aromatic N) is 3. The number of aromatic amines is 1. The Balaban J connectivity index is 1.65. The van der Waals surface area contributed by atoms with Crippen LogP contribution in [0.25, 0.3) is 10.6 Å². The van der Waals surface area contributed by atoms with Gasteiger partial charge in [0.1, 0.15) is 0 Å². The molecule has 5 nitrogen and oxygen atoms in total. The zero-order valence-corrected chi connectivity index (χ0v) is 12.4. The van der Waals surface area contributed by atoms with Crippen LogP contribution in [-0.4, -0.2) is 20.0 Å². The van der Waals surface area contributed by atoms with E-state index in [1.807, 2.05) is 24.1 Å². The molecule has 0 unspecified atom stereocenters. The number of rotatable bonds is 5. The van der Waals surface area contributed by atoms with Crippen LogP contribution in [0.3, 0.4) is 0 Å². The van der Waals surface area contributed by atoms with E-state index in [4.69, 9.17) is 0 Å². The van der Waals surface area contributed by atoms with Gasteiger partial charge in [-0.1, -0.05) is 6.07 Å². The van der Waals surface area contributed by atoms with Gasteiger partial charge in [-0.15, -0.1) is 11.3 Å². The molecular formula is C14H17N5S. The first-order valence-corrected chi connectivity index (χ1v) is 7.38. The van der Waals surface area contributed by atoms with Gasteiger partial charge in [0.15, 0.2) is 0 Å². The summed E-state index contributed by atoms with van der Waals surface area (Å²) in [6.45, 7) is 3.69. The van der Waals surface area contributed by atoms with Crippen LogP contribution in [0, 0.1) is 6.92 Å². The van der Waals surface area contributed by atoms with E-state index in [0.29, 0.717) is 0 Å². The standard InChI is InChI=1S/C14H17N5S/c1-10-11(9-17-19(10)2)6-15-7-12-8-16-18-14(12)13-4-3-5-20-13/h3-5,8-9,15H,6-7H2,1-2H3,(H,16,18). The first kappa shape index (κ1) is 13.1. The third-order valence-corrected chi connectivity index (χ3v) is 4.34. The molecule has 0 aromatic carbocycles. The van der Waals surface area contributed by atoms with Crippen LogP contribution in [-0.2, 0) is 20.1 Å². The lowest BCUT2D eigenvalue weighted by Crippen LogP contribution is -2.13. The highest BCUT2D eigenvalue weighted by Gasteiger charge is 2.09. The molecule has 0 radical (unpaired) electrons. The Morgan fingerprint density at radius 1 is 1.30 bits per heavy atom. The van der Waals surface area contributed by atoms with Crippen molar-refractivity contribution in [3.8, 4) is 10.6 Å². The largest absolute Gasteiger partial charge is 0.308 e. The molecule has 0 spiro atoms. The van der Waals surface area contributed by atoms with Gasteiger partial charge in [-0.25, -0.2) is 0 Å². The van der Waals surface area contributed by atoms with Crippen molar-refractivity contribution in [3.63, 3.8) is 0 Å². The van der Waals surface area contributed by atoms with E-state index in [1.165, 1.54) is 21.7 Å². The summed E-state index contributed by atoms with van der Waals surface area (Å²) >= 11 is 1.72. The molecule has 20 heavy (non-hydrogen) atoms. The van der Waals surface area contributed by atoms with Gasteiger partial charge in [-0.05, 0) is 18.4 Å². The van der Waals surface area contributed by atoms with Crippen LogP contribution in [0.2, 0.25) is 0 Å². The van der Waals surface area contributed by atoms with Crippen LogP contribution in [0.4, 0.5) is 0 Å². The maximum Gasteiger partial charge on any atom is 0.0794 e. The molecular weight excluding hydrogens is 270 g/mol. The van der Waals surface area contributed by atoms with Crippen LogP contribution < -0.4 is 5.32 Å². The van der Waals surface area contributed by atoms with Gasteiger partial charge in [0, 0.05) is 37.0 Å². The average molecular weight is 287 g/mol. The lowest BCUT2D eigenvalue weighted by Gasteiger charge is -2.04. The van der Waals surface area contributed by atoms with Crippen LogP contribution in [0.1, 0.15) is 16.8 Å². The van der Waals surface area contributed by atoms with Crippen molar-refractivity contribution in [2.75, 3.05) is 0 Å². The minimum atomic E-state index is 0.790. The van der Waals surface area contributed by atoms with Crippen molar-refractivity contribution in [2.45, 2.75) is 20.0 Å². The summed E-state index contributed by atoms with van der Waals surface area (Å²) in [5.74, 6) is 0. The molecule has 0 bridgehead atoms. The second-order valence-corrected chi connectivity index (χ2v) is 5.68. The quantitative estimate of drug-likeness (QED) is 0.758. The Morgan fingerprint density at radius 2 is 2.15 bits per heavy atom. The second kappa shape index (κ2) is 5.60. The Morgan fingerprint density at radius 3 is 2.85 bits per heavy atom. The lowest BCUT2D eigenvalue weighted by atomic mass is 10.2. The summed E-state index contributed by atoms with van der Waals surface area (Å²) in [5.41, 5.74) is 4.72. The summed E-state index contributed by atoms with van der Waals surface area (Å²) in [4.78, 5) is 1.22. The second-order valence-electron chi connectivity index (χ2n) is 4.73. The van der Waals surface area contributed by atoms with E-state index < -0.39 is 0 Å². The lowest BCUT2D eigenvalue weighted by molar-refractivity contribution is 0.685. The molecule has 0 amide bonds. The van der Waals surface area contributed by atoms with E-state index in [-0.39, 0.29) is 0 Å². The molecule has 0 aliphatic carbocycles. The van der Waals surface area contributed by atoms with Gasteiger partial charge < -0.3 is 5.32 Å². The van der Waals surface area contributed by atoms with Gasteiger partial charge in [-0.2, -0.15) is 10.2 Å². The number of hydrogen-bond acceptors (Lipinski definition) is 4. The maximum absolute atomic E-state index is 4.25. The van der Waals surface area contributed by atoms with Crippen molar-refractivity contribution >= 4 is 11.3 Å². The molecule has 3 rings (SSSR count). The Labute approximate surface area is 121 Å². The van der Waals surface area contributed by atoms with Crippen molar-refractivity contribution in [2.24, 2.45) is 7.05 Å². The first-order valence-electron chi connectivity index (χ1n) is 6.50. The summed E-state index contributed by atoms with van der Waals surface area (Å²) in [5, 5.41) is 17.0. The van der Waals surface area contributed by atoms with E-state index in [2.05, 4.69) is 45.0 Å². The molecule has 3 aromatic heterocycles. The highest BCUT2D eigenvalue weighted by molar-refractivity contribution is 7.13. The van der Waals surface area contributed by atoms with Gasteiger partial charge in [0.05, 0.1) is 23.0 Å². The number of hydrogen-bond donors (Lipinski definition) is 2. The summed E-state index contributed by atoms with van der Waals surface area (Å²) in [6, 6.07) is 4.16. The third kappa shape index (κ3) is 2.52. The Hall–Kier alpha value is -1.92. The smallest absolute Gasteiger partial charge is 0.0794 e. The minimum Gasteiger partial charge on any atom is -0.308 e. The molecule has 0 aliphatic rings. The van der Waals surface area contributed by atoms with Crippen molar-refractivity contribution in [1.82, 2.24) is 25.3 Å². The Bertz CT molecular complexity index is 680. The highest BCUT2D eigenvalue weighted by Crippen LogP contribution is 2.25. The minimum absolute atomic E-state index is 0.790. The van der Waals surface area contributed by atoms with Crippen LogP contribution >= 0.6 is 11.3 Å². The van der Waals surface area contributed by atoms with Crippen molar-refractivity contribution in [3.05, 3.63) is 46.7 Å². The zero-order valence-electron chi connectivity index (χ0n) is 11.6. The maximum atomic E-state index is 4.25. The van der Waals surface area contributed by atoms with E-state index in [0.717, 1.165) is 18.8 Å². The summed E-state index contributed by atoms with van der Waals surface area (Å²) in [6.07, 6.45) is 3.80. The zero-order chi connectivity index (χ0) is 13.9. The fourth-order valence-electron chi connectivity index (χ4n) is 2.13. The highest BCUT2D eigenvalue weighted by atomic mass is 32.1. The molecule has 2 N–H and O–H groups in total. The topological polar surface area (TPSA) is 58.5 Å². The molecule has 0 aliphatic heterocycles. The SMILES string of the molecule is Cc1c(CNCc2cn[nH]c2-c2cccs2)cnn1C. The third-order valence-electron chi connectivity index (χ3n) is 3.45. The van der Waals surface area contributed by atoms with E-state index in [1.54, 1.807) is 11.3 Å². The molecule has 0 fully saturated rings. The van der Waals surface area contributed by atoms with Gasteiger partial charge >= 0.3 is 0 Å². The van der Waals surface area contributed by atoms with Gasteiger partial charge in [0.25, 0.3) is 0 Å².